The monoisotopic (exact) mass is 382 g/mol. The Morgan fingerprint density at radius 1 is 1.41 bits per heavy atom. The highest BCUT2D eigenvalue weighted by Gasteiger charge is 2.29. The van der Waals surface area contributed by atoms with Crippen molar-refractivity contribution in [3.05, 3.63) is 53.9 Å². The number of thioether (sulfide) groups is 1. The molecule has 0 saturated carbocycles. The molecule has 1 aromatic heterocycles. The van der Waals surface area contributed by atoms with Gasteiger partial charge in [0.25, 0.3) is 5.91 Å². The third kappa shape index (κ3) is 4.72. The molecule has 3 rings (SSSR count). The van der Waals surface area contributed by atoms with Crippen molar-refractivity contribution in [2.45, 2.75) is 38.8 Å². The van der Waals surface area contributed by atoms with E-state index in [-0.39, 0.29) is 23.2 Å². The van der Waals surface area contributed by atoms with Crippen molar-refractivity contribution >= 4 is 28.5 Å². The average molecular weight is 382 g/mol. The molecule has 0 radical (unpaired) electrons. The van der Waals surface area contributed by atoms with E-state index in [4.69, 9.17) is 10.5 Å². The Kier molecular flexibility index (Phi) is 5.57. The van der Waals surface area contributed by atoms with Gasteiger partial charge in [-0.1, -0.05) is 23.9 Å². The summed E-state index contributed by atoms with van der Waals surface area (Å²) < 4.78 is 5.46. The SMILES string of the molecule is CC(C)Oc1c#cc(C(=O)Nc2cccc(C3(C)CCSC(N)=N3)c2)nc1. The summed E-state index contributed by atoms with van der Waals surface area (Å²) in [5.41, 5.74) is 7.35. The molecule has 0 aliphatic carbocycles. The minimum Gasteiger partial charge on any atom is -0.481 e. The molecule has 1 amide bonds. The van der Waals surface area contributed by atoms with Crippen molar-refractivity contribution in [3.8, 4) is 5.75 Å². The first-order valence-electron chi connectivity index (χ1n) is 8.72. The van der Waals surface area contributed by atoms with E-state index < -0.39 is 0 Å². The molecule has 1 atom stereocenters. The van der Waals surface area contributed by atoms with E-state index in [0.717, 1.165) is 17.7 Å². The van der Waals surface area contributed by atoms with Crippen LogP contribution in [0.5, 0.6) is 5.75 Å². The minimum absolute atomic E-state index is 0.00936. The van der Waals surface area contributed by atoms with Gasteiger partial charge < -0.3 is 15.8 Å². The van der Waals surface area contributed by atoms with Gasteiger partial charge in [0.1, 0.15) is 0 Å². The summed E-state index contributed by atoms with van der Waals surface area (Å²) >= 11 is 1.56. The number of amides is 1. The molecule has 6 nitrogen and oxygen atoms in total. The molecule has 0 fully saturated rings. The fourth-order valence-electron chi connectivity index (χ4n) is 2.75. The topological polar surface area (TPSA) is 89.6 Å². The second kappa shape index (κ2) is 7.89. The third-order valence-electron chi connectivity index (χ3n) is 4.13. The van der Waals surface area contributed by atoms with Gasteiger partial charge in [-0.25, -0.2) is 4.98 Å². The van der Waals surface area contributed by atoms with Crippen LogP contribution in [0.3, 0.4) is 0 Å². The lowest BCUT2D eigenvalue weighted by atomic mass is 9.89. The van der Waals surface area contributed by atoms with Gasteiger partial charge in [-0.2, -0.15) is 0 Å². The lowest BCUT2D eigenvalue weighted by molar-refractivity contribution is 0.102. The van der Waals surface area contributed by atoms with Crippen LogP contribution in [0.15, 0.2) is 35.5 Å². The van der Waals surface area contributed by atoms with Crippen molar-refractivity contribution in [1.29, 1.82) is 0 Å². The van der Waals surface area contributed by atoms with Crippen LogP contribution in [0.4, 0.5) is 5.69 Å². The van der Waals surface area contributed by atoms with E-state index in [1.807, 2.05) is 38.1 Å². The van der Waals surface area contributed by atoms with Gasteiger partial charge in [0.2, 0.25) is 0 Å². The number of nitrogens with one attached hydrogen (secondary N) is 1. The van der Waals surface area contributed by atoms with E-state index in [2.05, 4.69) is 34.3 Å². The van der Waals surface area contributed by atoms with Gasteiger partial charge in [-0.15, -0.1) is 0 Å². The maximum Gasteiger partial charge on any atom is 0.282 e. The molecule has 27 heavy (non-hydrogen) atoms. The van der Waals surface area contributed by atoms with Gasteiger partial charge in [0.15, 0.2) is 16.6 Å². The van der Waals surface area contributed by atoms with E-state index >= 15 is 0 Å². The standard InChI is InChI=1S/C20H22N4O2S/c1-13(2)26-16-7-8-17(22-12-16)18(25)23-15-6-4-5-14(11-15)20(3)9-10-27-19(21)24-20/h4-6,11-13H,9-10H2,1-3H3,(H2,21,24)(H,23,25). The number of ether oxygens (including phenoxy) is 1. The van der Waals surface area contributed by atoms with Crippen LogP contribution in [0.25, 0.3) is 0 Å². The van der Waals surface area contributed by atoms with Crippen LogP contribution in [-0.4, -0.2) is 27.9 Å². The summed E-state index contributed by atoms with van der Waals surface area (Å²) in [6.07, 6.45) is 2.37. The average Bonchev–Trinajstić information content (AvgIpc) is 2.62. The van der Waals surface area contributed by atoms with Crippen LogP contribution >= 0.6 is 11.8 Å². The van der Waals surface area contributed by atoms with Crippen molar-refractivity contribution in [2.75, 3.05) is 11.1 Å². The molecule has 0 saturated heterocycles. The highest BCUT2D eigenvalue weighted by atomic mass is 32.2. The fourth-order valence-corrected chi connectivity index (χ4v) is 3.73. The zero-order valence-electron chi connectivity index (χ0n) is 15.6. The molecule has 2 heterocycles. The number of hydrogen-bond acceptors (Lipinski definition) is 6. The number of rotatable bonds is 5. The first-order chi connectivity index (χ1) is 12.9. The van der Waals surface area contributed by atoms with Gasteiger partial charge in [-0.05, 0) is 57.0 Å². The van der Waals surface area contributed by atoms with E-state index in [0.29, 0.717) is 16.6 Å². The maximum atomic E-state index is 12.5. The third-order valence-corrected chi connectivity index (χ3v) is 4.93. The minimum atomic E-state index is -0.385. The maximum absolute atomic E-state index is 12.5. The van der Waals surface area contributed by atoms with Crippen molar-refractivity contribution in [1.82, 2.24) is 4.98 Å². The Morgan fingerprint density at radius 3 is 2.89 bits per heavy atom. The molecular weight excluding hydrogens is 360 g/mol. The smallest absolute Gasteiger partial charge is 0.282 e. The predicted octanol–water partition coefficient (Wildman–Crippen LogP) is 3.39. The number of aromatic nitrogens is 1. The number of aliphatic imine (C=N–C) groups is 1. The summed E-state index contributed by atoms with van der Waals surface area (Å²) in [5, 5.41) is 3.44. The van der Waals surface area contributed by atoms with E-state index in [1.54, 1.807) is 11.8 Å². The second-order valence-corrected chi connectivity index (χ2v) is 7.86. The van der Waals surface area contributed by atoms with Gasteiger partial charge >= 0.3 is 0 Å². The summed E-state index contributed by atoms with van der Waals surface area (Å²) in [7, 11) is 0. The molecule has 1 aliphatic rings. The Hall–Kier alpha value is -2.72. The number of nitrogens with zero attached hydrogens (tertiary/aromatic N) is 2. The predicted molar refractivity (Wildman–Crippen MR) is 108 cm³/mol. The Balaban J connectivity index is 1.74. The number of amidine groups is 1. The number of carbonyl (C=O) groups excluding carboxylic acids is 1. The van der Waals surface area contributed by atoms with Crippen LogP contribution in [0.2, 0.25) is 0 Å². The molecule has 2 aromatic rings. The molecular formula is C20H22N4O2S. The first-order valence-corrected chi connectivity index (χ1v) is 9.71. The zero-order chi connectivity index (χ0) is 19.4. The fraction of sp³-hybridized carbons (Fsp3) is 0.350. The van der Waals surface area contributed by atoms with Crippen molar-refractivity contribution in [2.24, 2.45) is 10.7 Å². The van der Waals surface area contributed by atoms with Gasteiger partial charge in [0, 0.05) is 11.4 Å². The summed E-state index contributed by atoms with van der Waals surface area (Å²) in [6.45, 7) is 5.87. The molecule has 1 aromatic carbocycles. The zero-order valence-corrected chi connectivity index (χ0v) is 16.4. The summed E-state index contributed by atoms with van der Waals surface area (Å²) in [5.74, 6) is 1.02. The largest absolute Gasteiger partial charge is 0.481 e. The number of anilines is 1. The molecule has 140 valence electrons. The molecule has 7 heteroatoms. The van der Waals surface area contributed by atoms with Crippen LogP contribution in [-0.2, 0) is 5.54 Å². The molecule has 1 unspecified atom stereocenters. The lowest BCUT2D eigenvalue weighted by Gasteiger charge is -2.30. The lowest BCUT2D eigenvalue weighted by Crippen LogP contribution is -2.28. The number of benzene rings is 1. The Labute approximate surface area is 163 Å². The number of hydrogen-bond donors (Lipinski definition) is 2. The van der Waals surface area contributed by atoms with Crippen LogP contribution < -0.4 is 15.8 Å². The molecule has 0 spiro atoms. The summed E-state index contributed by atoms with van der Waals surface area (Å²) in [6, 6.07) is 13.2. The molecule has 3 N–H and O–H groups in total. The second-order valence-electron chi connectivity index (χ2n) is 6.74. The Morgan fingerprint density at radius 2 is 2.22 bits per heavy atom. The summed E-state index contributed by atoms with van der Waals surface area (Å²) in [4.78, 5) is 21.2. The van der Waals surface area contributed by atoms with Gasteiger partial charge in [-0.3, -0.25) is 9.79 Å². The van der Waals surface area contributed by atoms with E-state index in [1.165, 1.54) is 6.20 Å². The van der Waals surface area contributed by atoms with E-state index in [9.17, 15) is 4.79 Å². The van der Waals surface area contributed by atoms with Crippen molar-refractivity contribution < 1.29 is 9.53 Å². The highest BCUT2D eigenvalue weighted by Crippen LogP contribution is 2.35. The first kappa shape index (κ1) is 19.1. The number of nitrogens with two attached hydrogens (primary N) is 1. The van der Waals surface area contributed by atoms with Crippen molar-refractivity contribution in [3.63, 3.8) is 0 Å². The number of carbonyl (C=O) groups is 1. The van der Waals surface area contributed by atoms with Gasteiger partial charge in [0.05, 0.1) is 17.8 Å². The normalized spacial score (nSPS) is 19.2. The quantitative estimate of drug-likeness (QED) is 0.827. The van der Waals surface area contributed by atoms with Crippen LogP contribution in [0.1, 0.15) is 43.2 Å². The Bertz CT molecular complexity index is 851. The highest BCUT2D eigenvalue weighted by molar-refractivity contribution is 8.13. The van der Waals surface area contributed by atoms with Crippen LogP contribution in [0, 0.1) is 12.1 Å². The molecule has 0 bridgehead atoms. The molecule has 1 aliphatic heterocycles.